The standard InChI is InChI=1S/C23H18N4OS2/c1-14-8-10-17(11-9-14)21-27-26-20(28-21)15(2)29-22-18-12-19(16-6-4-3-5-7-16)30-23(18)25-13-24-22/h3-13,15H,1-2H3. The fourth-order valence-electron chi connectivity index (χ4n) is 3.10. The van der Waals surface area contributed by atoms with Gasteiger partial charge in [0.1, 0.15) is 16.2 Å². The fraction of sp³-hybridized carbons (Fsp3) is 0.130. The summed E-state index contributed by atoms with van der Waals surface area (Å²) in [5.41, 5.74) is 3.30. The number of benzene rings is 2. The Morgan fingerprint density at radius 1 is 0.933 bits per heavy atom. The Morgan fingerprint density at radius 3 is 2.53 bits per heavy atom. The molecule has 0 saturated heterocycles. The van der Waals surface area contributed by atoms with Gasteiger partial charge in [0.15, 0.2) is 0 Å². The molecular formula is C23H18N4OS2. The minimum atomic E-state index is -0.0325. The van der Waals surface area contributed by atoms with Crippen molar-refractivity contribution in [3.8, 4) is 21.9 Å². The van der Waals surface area contributed by atoms with Gasteiger partial charge in [0.05, 0.1) is 5.25 Å². The van der Waals surface area contributed by atoms with Crippen LogP contribution < -0.4 is 0 Å². The molecule has 0 bridgehead atoms. The van der Waals surface area contributed by atoms with Gasteiger partial charge < -0.3 is 4.42 Å². The Bertz CT molecular complexity index is 1300. The number of aromatic nitrogens is 4. The van der Waals surface area contributed by atoms with Crippen LogP contribution in [0.25, 0.3) is 32.1 Å². The highest BCUT2D eigenvalue weighted by atomic mass is 32.2. The van der Waals surface area contributed by atoms with E-state index in [2.05, 4.69) is 52.2 Å². The Kier molecular flexibility index (Phi) is 5.06. The van der Waals surface area contributed by atoms with Crippen LogP contribution in [0.2, 0.25) is 0 Å². The molecule has 0 radical (unpaired) electrons. The van der Waals surface area contributed by atoms with Gasteiger partial charge in [-0.2, -0.15) is 0 Å². The minimum absolute atomic E-state index is 0.0325. The topological polar surface area (TPSA) is 64.7 Å². The molecule has 0 spiro atoms. The molecule has 0 N–H and O–H groups in total. The van der Waals surface area contributed by atoms with E-state index in [-0.39, 0.29) is 5.25 Å². The van der Waals surface area contributed by atoms with Gasteiger partial charge in [0, 0.05) is 15.8 Å². The first kappa shape index (κ1) is 19.0. The first-order valence-corrected chi connectivity index (χ1v) is 11.2. The van der Waals surface area contributed by atoms with Crippen LogP contribution in [0, 0.1) is 6.92 Å². The number of thiophene rings is 1. The Balaban J connectivity index is 1.41. The van der Waals surface area contributed by atoms with E-state index < -0.39 is 0 Å². The monoisotopic (exact) mass is 430 g/mol. The molecule has 0 fully saturated rings. The van der Waals surface area contributed by atoms with Crippen LogP contribution in [-0.4, -0.2) is 20.2 Å². The quantitative estimate of drug-likeness (QED) is 0.232. The van der Waals surface area contributed by atoms with Gasteiger partial charge in [-0.1, -0.05) is 59.8 Å². The zero-order valence-electron chi connectivity index (χ0n) is 16.4. The minimum Gasteiger partial charge on any atom is -0.419 e. The summed E-state index contributed by atoms with van der Waals surface area (Å²) >= 11 is 3.28. The molecule has 148 valence electrons. The molecule has 5 aromatic rings. The number of hydrogen-bond acceptors (Lipinski definition) is 7. The molecule has 1 atom stereocenters. The molecule has 0 amide bonds. The van der Waals surface area contributed by atoms with E-state index in [1.807, 2.05) is 42.5 Å². The zero-order valence-corrected chi connectivity index (χ0v) is 18.1. The molecule has 7 heteroatoms. The maximum atomic E-state index is 5.95. The van der Waals surface area contributed by atoms with Gasteiger partial charge in [-0.05, 0) is 37.6 Å². The van der Waals surface area contributed by atoms with Crippen LogP contribution in [-0.2, 0) is 0 Å². The second-order valence-electron chi connectivity index (χ2n) is 6.95. The van der Waals surface area contributed by atoms with Crippen molar-refractivity contribution in [3.05, 3.63) is 78.4 Å². The number of aryl methyl sites for hydroxylation is 1. The SMILES string of the molecule is Cc1ccc(-c2nnc(C(C)Sc3ncnc4sc(-c5ccccc5)cc34)o2)cc1. The summed E-state index contributed by atoms with van der Waals surface area (Å²) in [6.07, 6.45) is 1.62. The van der Waals surface area contributed by atoms with Crippen molar-refractivity contribution in [2.45, 2.75) is 24.1 Å². The number of thioether (sulfide) groups is 1. The van der Waals surface area contributed by atoms with Gasteiger partial charge >= 0.3 is 0 Å². The van der Waals surface area contributed by atoms with Crippen LogP contribution in [0.4, 0.5) is 0 Å². The lowest BCUT2D eigenvalue weighted by Crippen LogP contribution is -1.91. The molecule has 3 heterocycles. The zero-order chi connectivity index (χ0) is 20.5. The van der Waals surface area contributed by atoms with E-state index in [9.17, 15) is 0 Å². The second kappa shape index (κ2) is 8.01. The van der Waals surface area contributed by atoms with Gasteiger partial charge in [0.2, 0.25) is 11.8 Å². The van der Waals surface area contributed by atoms with Crippen LogP contribution in [0.5, 0.6) is 0 Å². The van der Waals surface area contributed by atoms with Crippen LogP contribution >= 0.6 is 23.1 Å². The maximum Gasteiger partial charge on any atom is 0.247 e. The lowest BCUT2D eigenvalue weighted by molar-refractivity contribution is 0.509. The van der Waals surface area contributed by atoms with Crippen molar-refractivity contribution < 1.29 is 4.42 Å². The predicted molar refractivity (Wildman–Crippen MR) is 122 cm³/mol. The third kappa shape index (κ3) is 3.74. The number of hydrogen-bond donors (Lipinski definition) is 0. The van der Waals surface area contributed by atoms with Crippen molar-refractivity contribution >= 4 is 33.3 Å². The highest BCUT2D eigenvalue weighted by molar-refractivity contribution is 7.99. The molecule has 5 nitrogen and oxygen atoms in total. The van der Waals surface area contributed by atoms with Gasteiger partial charge in [0.25, 0.3) is 0 Å². The predicted octanol–water partition coefficient (Wildman–Crippen LogP) is 6.57. The Hall–Kier alpha value is -3.03. The summed E-state index contributed by atoms with van der Waals surface area (Å²) in [7, 11) is 0. The van der Waals surface area contributed by atoms with Crippen molar-refractivity contribution in [2.24, 2.45) is 0 Å². The number of fused-ring (bicyclic) bond motifs is 1. The van der Waals surface area contributed by atoms with E-state index in [4.69, 9.17) is 4.42 Å². The molecule has 0 saturated carbocycles. The van der Waals surface area contributed by atoms with E-state index in [1.54, 1.807) is 29.4 Å². The summed E-state index contributed by atoms with van der Waals surface area (Å²) in [6, 6.07) is 20.6. The third-order valence-corrected chi connectivity index (χ3v) is 6.92. The highest BCUT2D eigenvalue weighted by Gasteiger charge is 2.19. The summed E-state index contributed by atoms with van der Waals surface area (Å²) < 4.78 is 5.95. The van der Waals surface area contributed by atoms with Gasteiger partial charge in [-0.25, -0.2) is 9.97 Å². The molecule has 3 aromatic heterocycles. The molecule has 1 unspecified atom stereocenters. The molecule has 2 aromatic carbocycles. The highest BCUT2D eigenvalue weighted by Crippen LogP contribution is 2.40. The van der Waals surface area contributed by atoms with Crippen molar-refractivity contribution in [1.82, 2.24) is 20.2 Å². The summed E-state index contributed by atoms with van der Waals surface area (Å²) in [6.45, 7) is 4.10. The van der Waals surface area contributed by atoms with Gasteiger partial charge in [-0.3, -0.25) is 0 Å². The van der Waals surface area contributed by atoms with Gasteiger partial charge in [-0.15, -0.1) is 21.5 Å². The Labute approximate surface area is 182 Å². The lowest BCUT2D eigenvalue weighted by atomic mass is 10.1. The molecule has 0 aliphatic rings. The van der Waals surface area contributed by atoms with Crippen molar-refractivity contribution in [2.75, 3.05) is 0 Å². The average Bonchev–Trinajstić information content (AvgIpc) is 3.43. The first-order chi connectivity index (χ1) is 14.7. The summed E-state index contributed by atoms with van der Waals surface area (Å²) in [5.74, 6) is 1.12. The third-order valence-electron chi connectivity index (χ3n) is 4.73. The van der Waals surface area contributed by atoms with Crippen LogP contribution in [0.3, 0.4) is 0 Å². The molecule has 5 rings (SSSR count). The van der Waals surface area contributed by atoms with E-state index in [1.165, 1.54) is 16.0 Å². The molecule has 0 aliphatic carbocycles. The number of nitrogens with zero attached hydrogens (tertiary/aromatic N) is 4. The molecule has 0 aliphatic heterocycles. The summed E-state index contributed by atoms with van der Waals surface area (Å²) in [5, 5.41) is 10.4. The molecular weight excluding hydrogens is 412 g/mol. The second-order valence-corrected chi connectivity index (χ2v) is 9.31. The normalized spacial score (nSPS) is 12.3. The first-order valence-electron chi connectivity index (χ1n) is 9.54. The largest absolute Gasteiger partial charge is 0.419 e. The van der Waals surface area contributed by atoms with Crippen molar-refractivity contribution in [1.29, 1.82) is 0 Å². The number of rotatable bonds is 5. The fourth-order valence-corrected chi connectivity index (χ4v) is 5.09. The van der Waals surface area contributed by atoms with E-state index >= 15 is 0 Å². The lowest BCUT2D eigenvalue weighted by Gasteiger charge is -2.06. The van der Waals surface area contributed by atoms with E-state index in [0.29, 0.717) is 11.8 Å². The van der Waals surface area contributed by atoms with Crippen LogP contribution in [0.1, 0.15) is 23.6 Å². The summed E-state index contributed by atoms with van der Waals surface area (Å²) in [4.78, 5) is 11.1. The smallest absolute Gasteiger partial charge is 0.247 e. The molecule has 30 heavy (non-hydrogen) atoms. The average molecular weight is 431 g/mol. The van der Waals surface area contributed by atoms with E-state index in [0.717, 1.165) is 20.8 Å². The van der Waals surface area contributed by atoms with Crippen molar-refractivity contribution in [3.63, 3.8) is 0 Å². The maximum absolute atomic E-state index is 5.95. The Morgan fingerprint density at radius 2 is 1.73 bits per heavy atom. The van der Waals surface area contributed by atoms with Crippen LogP contribution in [0.15, 0.2) is 76.4 Å².